The lowest BCUT2D eigenvalue weighted by Crippen LogP contribution is -2.46. The Morgan fingerprint density at radius 2 is 1.96 bits per heavy atom. The number of carbonyl (C=O) groups excluding carboxylic acids is 1. The molecule has 0 aliphatic carbocycles. The van der Waals surface area contributed by atoms with Crippen molar-refractivity contribution in [2.45, 2.75) is 39.0 Å². The SMILES string of the molecule is COc1ccccc1O[C@@H](C)C(=O)N(Cc1ccc(C)o1)[C@H]1CCS(=O)(=O)C1. The molecule has 1 aliphatic rings. The quantitative estimate of drug-likeness (QED) is 0.701. The van der Waals surface area contributed by atoms with Crippen molar-refractivity contribution in [3.8, 4) is 11.5 Å². The normalized spacial score (nSPS) is 19.2. The monoisotopic (exact) mass is 407 g/mol. The molecule has 28 heavy (non-hydrogen) atoms. The largest absolute Gasteiger partial charge is 0.493 e. The van der Waals surface area contributed by atoms with Gasteiger partial charge in [0.25, 0.3) is 5.91 Å². The van der Waals surface area contributed by atoms with Gasteiger partial charge in [-0.1, -0.05) is 12.1 Å². The van der Waals surface area contributed by atoms with Crippen molar-refractivity contribution in [3.63, 3.8) is 0 Å². The number of nitrogens with zero attached hydrogens (tertiary/aromatic N) is 1. The Morgan fingerprint density at radius 3 is 2.54 bits per heavy atom. The van der Waals surface area contributed by atoms with Crippen LogP contribution >= 0.6 is 0 Å². The topological polar surface area (TPSA) is 86.1 Å². The second-order valence-corrected chi connectivity index (χ2v) is 9.18. The van der Waals surface area contributed by atoms with E-state index < -0.39 is 22.0 Å². The van der Waals surface area contributed by atoms with Gasteiger partial charge in [0.1, 0.15) is 11.5 Å². The Kier molecular flexibility index (Phi) is 5.98. The molecule has 0 N–H and O–H groups in total. The van der Waals surface area contributed by atoms with Crippen LogP contribution in [0.1, 0.15) is 24.9 Å². The molecule has 1 fully saturated rings. The molecule has 1 aromatic heterocycles. The minimum Gasteiger partial charge on any atom is -0.493 e. The molecule has 0 unspecified atom stereocenters. The van der Waals surface area contributed by atoms with Crippen LogP contribution in [0, 0.1) is 6.92 Å². The molecule has 0 radical (unpaired) electrons. The zero-order valence-electron chi connectivity index (χ0n) is 16.3. The Balaban J connectivity index is 1.80. The molecular formula is C20H25NO6S. The van der Waals surface area contributed by atoms with Crippen molar-refractivity contribution in [2.24, 2.45) is 0 Å². The van der Waals surface area contributed by atoms with Crippen molar-refractivity contribution >= 4 is 15.7 Å². The van der Waals surface area contributed by atoms with Crippen molar-refractivity contribution in [2.75, 3.05) is 18.6 Å². The van der Waals surface area contributed by atoms with Gasteiger partial charge in [0.05, 0.1) is 25.2 Å². The average Bonchev–Trinajstić information content (AvgIpc) is 3.24. The maximum Gasteiger partial charge on any atom is 0.264 e. The van der Waals surface area contributed by atoms with Crippen LogP contribution in [0.25, 0.3) is 0 Å². The Hall–Kier alpha value is -2.48. The maximum atomic E-state index is 13.2. The number of benzene rings is 1. The third-order valence-electron chi connectivity index (χ3n) is 4.78. The fraction of sp³-hybridized carbons (Fsp3) is 0.450. The van der Waals surface area contributed by atoms with E-state index in [1.165, 1.54) is 7.11 Å². The van der Waals surface area contributed by atoms with Crippen LogP contribution in [0.15, 0.2) is 40.8 Å². The summed E-state index contributed by atoms with van der Waals surface area (Å²) in [7, 11) is -1.61. The van der Waals surface area contributed by atoms with Crippen LogP contribution in [-0.4, -0.2) is 50.0 Å². The molecule has 2 heterocycles. The van der Waals surface area contributed by atoms with Gasteiger partial charge in [0, 0.05) is 6.04 Å². The number of furan rings is 1. The summed E-state index contributed by atoms with van der Waals surface area (Å²) < 4.78 is 40.6. The molecule has 8 heteroatoms. The van der Waals surface area contributed by atoms with Crippen LogP contribution in [0.5, 0.6) is 11.5 Å². The Bertz CT molecular complexity index is 936. The number of methoxy groups -OCH3 is 1. The van der Waals surface area contributed by atoms with E-state index in [-0.39, 0.29) is 24.0 Å². The average molecular weight is 407 g/mol. The zero-order chi connectivity index (χ0) is 20.3. The van der Waals surface area contributed by atoms with Gasteiger partial charge < -0.3 is 18.8 Å². The molecule has 0 spiro atoms. The number of ether oxygens (including phenoxy) is 2. The first kappa shape index (κ1) is 20.3. The van der Waals surface area contributed by atoms with E-state index in [9.17, 15) is 13.2 Å². The molecule has 2 aromatic rings. The molecule has 7 nitrogen and oxygen atoms in total. The Morgan fingerprint density at radius 1 is 1.25 bits per heavy atom. The number of para-hydroxylation sites is 2. The maximum absolute atomic E-state index is 13.2. The lowest BCUT2D eigenvalue weighted by molar-refractivity contribution is -0.141. The molecule has 1 saturated heterocycles. The second kappa shape index (κ2) is 8.26. The van der Waals surface area contributed by atoms with E-state index in [1.807, 2.05) is 19.1 Å². The number of sulfone groups is 1. The summed E-state index contributed by atoms with van der Waals surface area (Å²) in [6.07, 6.45) is -0.398. The molecule has 1 amide bonds. The third kappa shape index (κ3) is 4.67. The first-order valence-electron chi connectivity index (χ1n) is 9.15. The third-order valence-corrected chi connectivity index (χ3v) is 6.53. The van der Waals surface area contributed by atoms with E-state index in [0.717, 1.165) is 5.76 Å². The number of rotatable bonds is 7. The number of hydrogen-bond acceptors (Lipinski definition) is 6. The van der Waals surface area contributed by atoms with Gasteiger partial charge in [-0.15, -0.1) is 0 Å². The molecule has 152 valence electrons. The molecular weight excluding hydrogens is 382 g/mol. The lowest BCUT2D eigenvalue weighted by Gasteiger charge is -2.30. The van der Waals surface area contributed by atoms with Crippen LogP contribution in [0.3, 0.4) is 0 Å². The summed E-state index contributed by atoms with van der Waals surface area (Å²) in [6, 6.07) is 10.3. The van der Waals surface area contributed by atoms with E-state index in [4.69, 9.17) is 13.9 Å². The molecule has 1 aromatic carbocycles. The van der Waals surface area contributed by atoms with Gasteiger partial charge in [-0.25, -0.2) is 8.42 Å². The van der Waals surface area contributed by atoms with Crippen LogP contribution in [0.2, 0.25) is 0 Å². The standard InChI is InChI=1S/C20H25NO6S/c1-14-8-9-17(26-14)12-21(16-10-11-28(23,24)13-16)20(22)15(2)27-19-7-5-4-6-18(19)25-3/h4-9,15-16H,10-13H2,1-3H3/t15-,16-/m0/s1. The fourth-order valence-electron chi connectivity index (χ4n) is 3.34. The van der Waals surface area contributed by atoms with Gasteiger partial charge >= 0.3 is 0 Å². The summed E-state index contributed by atoms with van der Waals surface area (Å²) in [5.74, 6) is 2.08. The second-order valence-electron chi connectivity index (χ2n) is 6.95. The minimum absolute atomic E-state index is 0.0419. The summed E-state index contributed by atoms with van der Waals surface area (Å²) in [5.41, 5.74) is 0. The number of aryl methyl sites for hydroxylation is 1. The Labute approximate surface area is 165 Å². The highest BCUT2D eigenvalue weighted by Crippen LogP contribution is 2.28. The highest BCUT2D eigenvalue weighted by Gasteiger charge is 2.37. The van der Waals surface area contributed by atoms with E-state index in [2.05, 4.69) is 0 Å². The minimum atomic E-state index is -3.14. The predicted octanol–water partition coefficient (Wildman–Crippen LogP) is 2.58. The highest BCUT2D eigenvalue weighted by molar-refractivity contribution is 7.91. The molecule has 0 saturated carbocycles. The van der Waals surface area contributed by atoms with Crippen LogP contribution in [-0.2, 0) is 21.2 Å². The van der Waals surface area contributed by atoms with E-state index >= 15 is 0 Å². The van der Waals surface area contributed by atoms with E-state index in [0.29, 0.717) is 23.7 Å². The smallest absolute Gasteiger partial charge is 0.264 e. The van der Waals surface area contributed by atoms with Crippen molar-refractivity contribution in [3.05, 3.63) is 47.9 Å². The van der Waals surface area contributed by atoms with Crippen LogP contribution < -0.4 is 9.47 Å². The molecule has 3 rings (SSSR count). The summed E-state index contributed by atoms with van der Waals surface area (Å²) in [5, 5.41) is 0. The van der Waals surface area contributed by atoms with Crippen molar-refractivity contribution < 1.29 is 27.1 Å². The van der Waals surface area contributed by atoms with Gasteiger partial charge in [0.2, 0.25) is 0 Å². The number of amides is 1. The van der Waals surface area contributed by atoms with E-state index in [1.54, 1.807) is 36.1 Å². The first-order valence-corrected chi connectivity index (χ1v) is 11.0. The number of hydrogen-bond donors (Lipinski definition) is 0. The van der Waals surface area contributed by atoms with Gasteiger partial charge in [0.15, 0.2) is 27.4 Å². The first-order chi connectivity index (χ1) is 13.3. The summed E-state index contributed by atoms with van der Waals surface area (Å²) in [6.45, 7) is 3.67. The van der Waals surface area contributed by atoms with Crippen molar-refractivity contribution in [1.29, 1.82) is 0 Å². The zero-order valence-corrected chi connectivity index (χ0v) is 17.1. The van der Waals surface area contributed by atoms with Gasteiger partial charge in [-0.05, 0) is 44.5 Å². The van der Waals surface area contributed by atoms with Gasteiger partial charge in [-0.2, -0.15) is 0 Å². The fourth-order valence-corrected chi connectivity index (χ4v) is 5.07. The van der Waals surface area contributed by atoms with Gasteiger partial charge in [-0.3, -0.25) is 4.79 Å². The highest BCUT2D eigenvalue weighted by atomic mass is 32.2. The number of carbonyl (C=O) groups is 1. The lowest BCUT2D eigenvalue weighted by atomic mass is 10.2. The predicted molar refractivity (Wildman–Crippen MR) is 104 cm³/mol. The molecule has 1 aliphatic heterocycles. The summed E-state index contributed by atoms with van der Waals surface area (Å²) in [4.78, 5) is 14.7. The molecule has 0 bridgehead atoms. The van der Waals surface area contributed by atoms with Crippen molar-refractivity contribution in [1.82, 2.24) is 4.90 Å². The van der Waals surface area contributed by atoms with Crippen LogP contribution in [0.4, 0.5) is 0 Å². The summed E-state index contributed by atoms with van der Waals surface area (Å²) >= 11 is 0. The molecule has 2 atom stereocenters.